The Morgan fingerprint density at radius 2 is 1.96 bits per heavy atom. The second-order valence-electron chi connectivity index (χ2n) is 6.98. The average molecular weight is 351 g/mol. The summed E-state index contributed by atoms with van der Waals surface area (Å²) in [7, 11) is 1.46. The topological polar surface area (TPSA) is 106 Å². The number of nitrogens with zero attached hydrogens (tertiary/aromatic N) is 3. The normalized spacial score (nSPS) is 15.5. The maximum absolute atomic E-state index is 12.6. The van der Waals surface area contributed by atoms with E-state index in [0.717, 1.165) is 30.6 Å². The van der Waals surface area contributed by atoms with E-state index < -0.39 is 17.7 Å². The van der Waals surface area contributed by atoms with Gasteiger partial charge in [-0.15, -0.1) is 0 Å². The number of rotatable bonds is 2. The standard InChI is InChI=1S/C16H25N5O4/c1-16(2,3)21(11-7-9-17-10-8-11)15(24)25-14(23)18-12-5-6-13(22)20(4)19-12/h5-6,11,17H,7-10H2,1-4H3,(H,18,19,23). The molecule has 1 fully saturated rings. The van der Waals surface area contributed by atoms with Gasteiger partial charge in [0, 0.05) is 24.7 Å². The fourth-order valence-corrected chi connectivity index (χ4v) is 2.86. The van der Waals surface area contributed by atoms with Crippen LogP contribution in [0.15, 0.2) is 16.9 Å². The molecule has 0 saturated carbocycles. The van der Waals surface area contributed by atoms with Crippen LogP contribution in [-0.2, 0) is 11.8 Å². The molecular formula is C16H25N5O4. The summed E-state index contributed by atoms with van der Waals surface area (Å²) in [4.78, 5) is 37.5. The third kappa shape index (κ3) is 5.02. The number of carbonyl (C=O) groups excluding carboxylic acids is 2. The van der Waals surface area contributed by atoms with Crippen LogP contribution >= 0.6 is 0 Å². The summed E-state index contributed by atoms with van der Waals surface area (Å²) in [5.74, 6) is 0.129. The Balaban J connectivity index is 2.04. The van der Waals surface area contributed by atoms with E-state index in [4.69, 9.17) is 4.74 Å². The van der Waals surface area contributed by atoms with Gasteiger partial charge in [-0.2, -0.15) is 5.10 Å². The van der Waals surface area contributed by atoms with Crippen molar-refractivity contribution >= 4 is 18.0 Å². The molecule has 9 nitrogen and oxygen atoms in total. The van der Waals surface area contributed by atoms with Crippen molar-refractivity contribution in [2.45, 2.75) is 45.2 Å². The van der Waals surface area contributed by atoms with Crippen LogP contribution in [0.3, 0.4) is 0 Å². The number of carbonyl (C=O) groups is 2. The Hall–Kier alpha value is -2.42. The van der Waals surface area contributed by atoms with Crippen molar-refractivity contribution in [1.82, 2.24) is 20.0 Å². The largest absolute Gasteiger partial charge is 0.421 e. The van der Waals surface area contributed by atoms with Crippen LogP contribution in [-0.4, -0.2) is 51.5 Å². The average Bonchev–Trinajstić information content (AvgIpc) is 2.50. The molecular weight excluding hydrogens is 326 g/mol. The van der Waals surface area contributed by atoms with E-state index in [-0.39, 0.29) is 17.4 Å². The van der Waals surface area contributed by atoms with Gasteiger partial charge in [-0.3, -0.25) is 15.0 Å². The van der Waals surface area contributed by atoms with E-state index in [2.05, 4.69) is 15.7 Å². The number of anilines is 1. The van der Waals surface area contributed by atoms with E-state index in [1.807, 2.05) is 20.8 Å². The van der Waals surface area contributed by atoms with Crippen molar-refractivity contribution in [2.75, 3.05) is 18.4 Å². The molecule has 1 saturated heterocycles. The van der Waals surface area contributed by atoms with Gasteiger partial charge < -0.3 is 10.1 Å². The van der Waals surface area contributed by atoms with Crippen LogP contribution in [0.2, 0.25) is 0 Å². The molecule has 1 aromatic rings. The third-order valence-electron chi connectivity index (χ3n) is 3.96. The second-order valence-corrected chi connectivity index (χ2v) is 6.98. The summed E-state index contributed by atoms with van der Waals surface area (Å²) in [6.07, 6.45) is -0.0202. The first-order valence-corrected chi connectivity index (χ1v) is 8.25. The Labute approximate surface area is 146 Å². The Bertz CT molecular complexity index is 689. The Morgan fingerprint density at radius 3 is 2.52 bits per heavy atom. The van der Waals surface area contributed by atoms with Crippen molar-refractivity contribution in [3.05, 3.63) is 22.5 Å². The van der Waals surface area contributed by atoms with Crippen LogP contribution < -0.4 is 16.2 Å². The summed E-state index contributed by atoms with van der Waals surface area (Å²) in [6.45, 7) is 7.35. The van der Waals surface area contributed by atoms with Gasteiger partial charge in [0.15, 0.2) is 5.82 Å². The van der Waals surface area contributed by atoms with Gasteiger partial charge in [0.1, 0.15) is 0 Å². The molecule has 0 aromatic carbocycles. The van der Waals surface area contributed by atoms with Crippen molar-refractivity contribution in [3.8, 4) is 0 Å². The zero-order valence-electron chi connectivity index (χ0n) is 15.0. The van der Waals surface area contributed by atoms with Gasteiger partial charge in [-0.1, -0.05) is 0 Å². The molecule has 2 amide bonds. The van der Waals surface area contributed by atoms with Gasteiger partial charge in [0.05, 0.1) is 0 Å². The second kappa shape index (κ2) is 7.64. The molecule has 2 N–H and O–H groups in total. The zero-order chi connectivity index (χ0) is 18.6. The van der Waals surface area contributed by atoms with Gasteiger partial charge in [0.2, 0.25) is 0 Å². The minimum atomic E-state index is -0.931. The summed E-state index contributed by atoms with van der Waals surface area (Å²) in [6, 6.07) is 2.63. The molecule has 0 unspecified atom stereocenters. The quantitative estimate of drug-likeness (QED) is 0.778. The lowest BCUT2D eigenvalue weighted by Gasteiger charge is -2.42. The van der Waals surface area contributed by atoms with Crippen LogP contribution in [0, 0.1) is 0 Å². The lowest BCUT2D eigenvalue weighted by molar-refractivity contribution is 0.0534. The van der Waals surface area contributed by atoms with Gasteiger partial charge in [-0.25, -0.2) is 14.3 Å². The van der Waals surface area contributed by atoms with E-state index >= 15 is 0 Å². The van der Waals surface area contributed by atoms with Crippen molar-refractivity contribution in [2.24, 2.45) is 7.05 Å². The van der Waals surface area contributed by atoms with E-state index in [1.54, 1.807) is 4.90 Å². The van der Waals surface area contributed by atoms with Crippen molar-refractivity contribution < 1.29 is 14.3 Å². The molecule has 0 atom stereocenters. The number of ether oxygens (including phenoxy) is 1. The summed E-state index contributed by atoms with van der Waals surface area (Å²) < 4.78 is 6.03. The molecule has 1 aliphatic heterocycles. The first-order valence-electron chi connectivity index (χ1n) is 8.25. The van der Waals surface area contributed by atoms with Crippen LogP contribution in [0.5, 0.6) is 0 Å². The number of nitrogens with one attached hydrogen (secondary N) is 2. The summed E-state index contributed by atoms with van der Waals surface area (Å²) in [5, 5.41) is 9.47. The van der Waals surface area contributed by atoms with E-state index in [1.165, 1.54) is 19.2 Å². The van der Waals surface area contributed by atoms with Crippen molar-refractivity contribution in [3.63, 3.8) is 0 Å². The number of amides is 2. The van der Waals surface area contributed by atoms with E-state index in [0.29, 0.717) is 0 Å². The molecule has 2 rings (SSSR count). The van der Waals surface area contributed by atoms with Crippen LogP contribution in [0.1, 0.15) is 33.6 Å². The molecule has 0 bridgehead atoms. The highest BCUT2D eigenvalue weighted by Crippen LogP contribution is 2.23. The highest BCUT2D eigenvalue weighted by atomic mass is 16.6. The first-order chi connectivity index (χ1) is 11.7. The van der Waals surface area contributed by atoms with Crippen LogP contribution in [0.4, 0.5) is 15.4 Å². The molecule has 1 aromatic heterocycles. The summed E-state index contributed by atoms with van der Waals surface area (Å²) >= 11 is 0. The first kappa shape index (κ1) is 18.9. The minimum absolute atomic E-state index is 0.0113. The molecule has 0 spiro atoms. The third-order valence-corrected chi connectivity index (χ3v) is 3.96. The number of aryl methyl sites for hydroxylation is 1. The number of aromatic nitrogens is 2. The lowest BCUT2D eigenvalue weighted by atomic mass is 9.98. The molecule has 9 heteroatoms. The molecule has 138 valence electrons. The highest BCUT2D eigenvalue weighted by Gasteiger charge is 2.36. The highest BCUT2D eigenvalue weighted by molar-refractivity contribution is 5.92. The van der Waals surface area contributed by atoms with Crippen molar-refractivity contribution in [1.29, 1.82) is 0 Å². The predicted molar refractivity (Wildman–Crippen MR) is 92.5 cm³/mol. The predicted octanol–water partition coefficient (Wildman–Crippen LogP) is 1.30. The molecule has 25 heavy (non-hydrogen) atoms. The maximum Gasteiger partial charge on any atom is 0.421 e. The molecule has 0 aliphatic carbocycles. The number of hydrogen-bond acceptors (Lipinski definition) is 6. The minimum Gasteiger partial charge on any atom is -0.359 e. The fourth-order valence-electron chi connectivity index (χ4n) is 2.86. The van der Waals surface area contributed by atoms with Gasteiger partial charge in [-0.05, 0) is 52.8 Å². The van der Waals surface area contributed by atoms with Crippen LogP contribution in [0.25, 0.3) is 0 Å². The Morgan fingerprint density at radius 1 is 1.32 bits per heavy atom. The number of hydrogen-bond donors (Lipinski definition) is 2. The van der Waals surface area contributed by atoms with Gasteiger partial charge >= 0.3 is 12.2 Å². The molecule has 2 heterocycles. The van der Waals surface area contributed by atoms with E-state index in [9.17, 15) is 14.4 Å². The molecule has 1 aliphatic rings. The maximum atomic E-state index is 12.6. The fraction of sp³-hybridized carbons (Fsp3) is 0.625. The SMILES string of the molecule is Cn1nc(NC(=O)OC(=O)N(C2CCNCC2)C(C)(C)C)ccc1=O. The van der Waals surface area contributed by atoms with Gasteiger partial charge in [0.25, 0.3) is 5.56 Å². The smallest absolute Gasteiger partial charge is 0.359 e. The summed E-state index contributed by atoms with van der Waals surface area (Å²) in [5.41, 5.74) is -0.784. The monoisotopic (exact) mass is 351 g/mol. The number of piperidine rings is 1. The molecule has 0 radical (unpaired) electrons. The lowest BCUT2D eigenvalue weighted by Crippen LogP contribution is -2.55. The zero-order valence-corrected chi connectivity index (χ0v) is 15.0. The Kier molecular flexibility index (Phi) is 5.78.